The number of nitrogens with one attached hydrogen (secondary N) is 2. The minimum atomic E-state index is -0.173. The Morgan fingerprint density at radius 1 is 1.35 bits per heavy atom. The molecule has 3 heterocycles. The van der Waals surface area contributed by atoms with Gasteiger partial charge in [-0.25, -0.2) is 4.79 Å². The molecule has 0 spiro atoms. The van der Waals surface area contributed by atoms with Crippen LogP contribution in [0.3, 0.4) is 0 Å². The Kier molecular flexibility index (Phi) is 5.13. The van der Waals surface area contributed by atoms with Crippen LogP contribution in [0.25, 0.3) is 0 Å². The van der Waals surface area contributed by atoms with Crippen molar-refractivity contribution in [1.29, 1.82) is 0 Å². The lowest BCUT2D eigenvalue weighted by molar-refractivity contribution is 0.0868. The summed E-state index contributed by atoms with van der Waals surface area (Å²) in [6, 6.07) is 10.1. The third-order valence-electron chi connectivity index (χ3n) is 5.18. The molecule has 2 aliphatic heterocycles. The van der Waals surface area contributed by atoms with Gasteiger partial charge in [0.15, 0.2) is 0 Å². The molecule has 4 rings (SSSR count). The molecule has 0 radical (unpaired) electrons. The van der Waals surface area contributed by atoms with Crippen molar-refractivity contribution in [2.75, 3.05) is 23.4 Å². The van der Waals surface area contributed by atoms with Gasteiger partial charge in [-0.3, -0.25) is 0 Å². The average molecular weight is 372 g/mol. The highest BCUT2D eigenvalue weighted by atomic mass is 32.1. The summed E-state index contributed by atoms with van der Waals surface area (Å²) in [7, 11) is 0. The summed E-state index contributed by atoms with van der Waals surface area (Å²) in [5, 5.41) is 8.22. The molecule has 2 aliphatic rings. The van der Waals surface area contributed by atoms with Gasteiger partial charge in [0.1, 0.15) is 0 Å². The van der Waals surface area contributed by atoms with E-state index in [1.807, 2.05) is 36.5 Å². The van der Waals surface area contributed by atoms with Crippen molar-refractivity contribution >= 4 is 28.7 Å². The fraction of sp³-hybridized carbons (Fsp3) is 0.450. The first kappa shape index (κ1) is 17.4. The van der Waals surface area contributed by atoms with Crippen molar-refractivity contribution in [3.05, 3.63) is 46.2 Å². The number of anilines is 2. The molecular formula is C20H25N3O2S. The number of rotatable bonds is 4. The van der Waals surface area contributed by atoms with Crippen molar-refractivity contribution in [3.63, 3.8) is 0 Å². The number of carbonyl (C=O) groups excluding carboxylic acids is 1. The van der Waals surface area contributed by atoms with Gasteiger partial charge in [-0.05, 0) is 55.3 Å². The number of carbonyl (C=O) groups is 1. The minimum Gasteiger partial charge on any atom is -0.376 e. The Labute approximate surface area is 158 Å². The van der Waals surface area contributed by atoms with E-state index in [0.717, 1.165) is 50.3 Å². The summed E-state index contributed by atoms with van der Waals surface area (Å²) in [4.78, 5) is 16.3. The molecular weight excluding hydrogens is 346 g/mol. The predicted molar refractivity (Wildman–Crippen MR) is 106 cm³/mol. The first-order chi connectivity index (χ1) is 12.7. The van der Waals surface area contributed by atoms with Gasteiger partial charge in [0.2, 0.25) is 0 Å². The third kappa shape index (κ3) is 3.71. The molecule has 138 valence electrons. The van der Waals surface area contributed by atoms with Gasteiger partial charge in [-0.1, -0.05) is 12.1 Å². The molecule has 2 aromatic rings. The summed E-state index contributed by atoms with van der Waals surface area (Å²) >= 11 is 1.84. The number of ether oxygens (including phenoxy) is 1. The van der Waals surface area contributed by atoms with E-state index in [4.69, 9.17) is 4.74 Å². The Hall–Kier alpha value is -2.05. The number of hydrogen-bond acceptors (Lipinski definition) is 4. The Morgan fingerprint density at radius 3 is 3.08 bits per heavy atom. The van der Waals surface area contributed by atoms with Crippen LogP contribution < -0.4 is 15.5 Å². The number of fused-ring (bicyclic) bond motifs is 1. The molecule has 26 heavy (non-hydrogen) atoms. The predicted octanol–water partition coefficient (Wildman–Crippen LogP) is 4.00. The van der Waals surface area contributed by atoms with Crippen LogP contribution >= 0.6 is 11.3 Å². The van der Waals surface area contributed by atoms with Gasteiger partial charge in [-0.2, -0.15) is 0 Å². The summed E-state index contributed by atoms with van der Waals surface area (Å²) in [6.45, 7) is 4.66. The number of amides is 2. The Bertz CT molecular complexity index is 770. The monoisotopic (exact) mass is 371 g/mol. The summed E-state index contributed by atoms with van der Waals surface area (Å²) in [5.74, 6) is 0. The van der Waals surface area contributed by atoms with Crippen LogP contribution in [0, 0.1) is 0 Å². The van der Waals surface area contributed by atoms with E-state index in [2.05, 4.69) is 33.0 Å². The number of para-hydroxylation sites is 2. The number of thiophene rings is 1. The molecule has 2 atom stereocenters. The number of nitrogens with zero attached hydrogens (tertiary/aromatic N) is 1. The van der Waals surface area contributed by atoms with Crippen LogP contribution in [-0.2, 0) is 17.7 Å². The molecule has 0 bridgehead atoms. The van der Waals surface area contributed by atoms with E-state index >= 15 is 0 Å². The van der Waals surface area contributed by atoms with Crippen molar-refractivity contribution < 1.29 is 9.53 Å². The normalized spacial score (nSPS) is 20.5. The summed E-state index contributed by atoms with van der Waals surface area (Å²) in [5.41, 5.74) is 3.32. The van der Waals surface area contributed by atoms with Crippen LogP contribution in [0.1, 0.15) is 30.2 Å². The van der Waals surface area contributed by atoms with Crippen LogP contribution in [0.15, 0.2) is 35.7 Å². The SMILES string of the molecule is C[C@H](NC(=O)Nc1ccccc1N1CCc2sccc2C1)[C@@H]1CCCO1. The maximum absolute atomic E-state index is 12.5. The van der Waals surface area contributed by atoms with Crippen LogP contribution in [0.4, 0.5) is 16.2 Å². The van der Waals surface area contributed by atoms with E-state index < -0.39 is 0 Å². The van der Waals surface area contributed by atoms with Crippen LogP contribution in [-0.4, -0.2) is 31.3 Å². The van der Waals surface area contributed by atoms with Crippen molar-refractivity contribution in [3.8, 4) is 0 Å². The summed E-state index contributed by atoms with van der Waals surface area (Å²) < 4.78 is 5.66. The first-order valence-electron chi connectivity index (χ1n) is 9.29. The second kappa shape index (κ2) is 7.68. The topological polar surface area (TPSA) is 53.6 Å². The zero-order valence-corrected chi connectivity index (χ0v) is 15.8. The lowest BCUT2D eigenvalue weighted by Crippen LogP contribution is -2.43. The zero-order valence-electron chi connectivity index (χ0n) is 15.0. The highest BCUT2D eigenvalue weighted by molar-refractivity contribution is 7.10. The zero-order chi connectivity index (χ0) is 17.9. The third-order valence-corrected chi connectivity index (χ3v) is 6.20. The molecule has 0 aliphatic carbocycles. The molecule has 1 saturated heterocycles. The fourth-order valence-corrected chi connectivity index (χ4v) is 4.65. The lowest BCUT2D eigenvalue weighted by Gasteiger charge is -2.31. The van der Waals surface area contributed by atoms with E-state index in [0.29, 0.717) is 0 Å². The standard InChI is InChI=1S/C20H25N3O2S/c1-14(18-7-4-11-25-18)21-20(24)22-16-5-2-3-6-17(16)23-10-8-19-15(13-23)9-12-26-19/h2-3,5-6,9,12,14,18H,4,7-8,10-11,13H2,1H3,(H2,21,22,24)/t14-,18-/m0/s1. The fourth-order valence-electron chi connectivity index (χ4n) is 3.76. The molecule has 2 amide bonds. The van der Waals surface area contributed by atoms with E-state index in [1.165, 1.54) is 10.4 Å². The van der Waals surface area contributed by atoms with Gasteiger partial charge < -0.3 is 20.3 Å². The minimum absolute atomic E-state index is 0.00742. The van der Waals surface area contributed by atoms with Crippen LogP contribution in [0.5, 0.6) is 0 Å². The number of urea groups is 1. The van der Waals surface area contributed by atoms with Gasteiger partial charge >= 0.3 is 6.03 Å². The van der Waals surface area contributed by atoms with Gasteiger partial charge in [0, 0.05) is 24.6 Å². The van der Waals surface area contributed by atoms with E-state index in [-0.39, 0.29) is 18.2 Å². The van der Waals surface area contributed by atoms with Gasteiger partial charge in [0.05, 0.1) is 23.5 Å². The largest absolute Gasteiger partial charge is 0.376 e. The molecule has 1 aromatic carbocycles. The van der Waals surface area contributed by atoms with Gasteiger partial charge in [0.25, 0.3) is 0 Å². The number of hydrogen-bond donors (Lipinski definition) is 2. The van der Waals surface area contributed by atoms with Crippen molar-refractivity contribution in [2.45, 2.75) is 44.9 Å². The lowest BCUT2D eigenvalue weighted by atomic mass is 10.1. The second-order valence-electron chi connectivity index (χ2n) is 7.00. The Balaban J connectivity index is 1.43. The second-order valence-corrected chi connectivity index (χ2v) is 8.00. The molecule has 1 aromatic heterocycles. The first-order valence-corrected chi connectivity index (χ1v) is 10.2. The molecule has 0 saturated carbocycles. The van der Waals surface area contributed by atoms with E-state index in [1.54, 1.807) is 0 Å². The quantitative estimate of drug-likeness (QED) is 0.854. The smallest absolute Gasteiger partial charge is 0.319 e. The Morgan fingerprint density at radius 2 is 2.23 bits per heavy atom. The van der Waals surface area contributed by atoms with Crippen molar-refractivity contribution in [1.82, 2.24) is 5.32 Å². The van der Waals surface area contributed by atoms with Crippen LogP contribution in [0.2, 0.25) is 0 Å². The maximum atomic E-state index is 12.5. The summed E-state index contributed by atoms with van der Waals surface area (Å²) in [6.07, 6.45) is 3.26. The van der Waals surface area contributed by atoms with Crippen molar-refractivity contribution in [2.24, 2.45) is 0 Å². The molecule has 0 unspecified atom stereocenters. The highest BCUT2D eigenvalue weighted by Gasteiger charge is 2.24. The maximum Gasteiger partial charge on any atom is 0.319 e. The van der Waals surface area contributed by atoms with E-state index in [9.17, 15) is 4.79 Å². The molecule has 1 fully saturated rings. The molecule has 2 N–H and O–H groups in total. The molecule has 6 heteroatoms. The highest BCUT2D eigenvalue weighted by Crippen LogP contribution is 2.32. The van der Waals surface area contributed by atoms with Gasteiger partial charge in [-0.15, -0.1) is 11.3 Å². The number of benzene rings is 1. The molecule has 5 nitrogen and oxygen atoms in total. The average Bonchev–Trinajstić information content (AvgIpc) is 3.33.